The van der Waals surface area contributed by atoms with E-state index in [0.717, 1.165) is 24.8 Å². The minimum absolute atomic E-state index is 0. The van der Waals surface area contributed by atoms with Crippen LogP contribution in [-0.2, 0) is 0 Å². The smallest absolute Gasteiger partial charge is 0.193 e. The Morgan fingerprint density at radius 1 is 1.11 bits per heavy atom. The van der Waals surface area contributed by atoms with Crippen LogP contribution in [0.1, 0.15) is 19.8 Å². The second-order valence-electron chi connectivity index (χ2n) is 7.04. The van der Waals surface area contributed by atoms with Gasteiger partial charge in [0.25, 0.3) is 0 Å². The first-order valence-electron chi connectivity index (χ1n) is 10.3. The first-order valence-corrected chi connectivity index (χ1v) is 10.3. The predicted octanol–water partition coefficient (Wildman–Crippen LogP) is 2.61. The highest BCUT2D eigenvalue weighted by molar-refractivity contribution is 14.0. The van der Waals surface area contributed by atoms with Crippen LogP contribution in [0.3, 0.4) is 0 Å². The molecule has 0 radical (unpaired) electrons. The van der Waals surface area contributed by atoms with Crippen LogP contribution in [0.15, 0.2) is 35.3 Å². The lowest BCUT2D eigenvalue weighted by Crippen LogP contribution is -2.46. The van der Waals surface area contributed by atoms with Crippen molar-refractivity contribution < 1.29 is 4.74 Å². The molecule has 1 aromatic rings. The van der Waals surface area contributed by atoms with Crippen molar-refractivity contribution >= 4 is 29.9 Å². The molecule has 1 aromatic carbocycles. The van der Waals surface area contributed by atoms with E-state index in [-0.39, 0.29) is 24.0 Å². The molecule has 0 amide bonds. The molecule has 1 aliphatic heterocycles. The number of piperazine rings is 1. The Balaban J connectivity index is 0.00000392. The van der Waals surface area contributed by atoms with Crippen molar-refractivity contribution in [2.75, 3.05) is 73.1 Å². The number of benzene rings is 1. The van der Waals surface area contributed by atoms with Gasteiger partial charge in [-0.15, -0.1) is 24.0 Å². The number of hydrogen-bond donors (Lipinski definition) is 1. The Morgan fingerprint density at radius 2 is 1.79 bits per heavy atom. The average Bonchev–Trinajstić information content (AvgIpc) is 2.72. The van der Waals surface area contributed by atoms with Crippen LogP contribution < -0.4 is 10.1 Å². The van der Waals surface area contributed by atoms with Crippen molar-refractivity contribution in [1.29, 1.82) is 0 Å². The van der Waals surface area contributed by atoms with Crippen LogP contribution >= 0.6 is 24.0 Å². The lowest BCUT2D eigenvalue weighted by atomic mass is 10.2. The van der Waals surface area contributed by atoms with Gasteiger partial charge in [0.15, 0.2) is 5.96 Å². The van der Waals surface area contributed by atoms with Gasteiger partial charge in [-0.3, -0.25) is 4.99 Å². The van der Waals surface area contributed by atoms with E-state index >= 15 is 0 Å². The van der Waals surface area contributed by atoms with Gasteiger partial charge in [0, 0.05) is 46.8 Å². The van der Waals surface area contributed by atoms with Crippen LogP contribution in [0.25, 0.3) is 0 Å². The molecule has 2 rings (SSSR count). The third kappa shape index (κ3) is 9.43. The zero-order chi connectivity index (χ0) is 19.3. The lowest BCUT2D eigenvalue weighted by Gasteiger charge is -2.34. The topological polar surface area (TPSA) is 43.3 Å². The summed E-state index contributed by atoms with van der Waals surface area (Å²) in [5.74, 6) is 1.84. The summed E-state index contributed by atoms with van der Waals surface area (Å²) in [4.78, 5) is 11.6. The van der Waals surface area contributed by atoms with Crippen molar-refractivity contribution in [3.63, 3.8) is 0 Å². The second-order valence-corrected chi connectivity index (χ2v) is 7.04. The van der Waals surface area contributed by atoms with E-state index in [1.807, 2.05) is 37.4 Å². The number of para-hydroxylation sites is 1. The predicted molar refractivity (Wildman–Crippen MR) is 129 cm³/mol. The summed E-state index contributed by atoms with van der Waals surface area (Å²) in [5.41, 5.74) is 0. The standard InChI is InChI=1S/C21H37N5O.HI/c1-4-25-14-16-26(17-15-25)13-9-8-12-23-21(22-2)24(3)18-19-27-20-10-6-5-7-11-20;/h5-7,10-11H,4,8-9,12-19H2,1-3H3,(H,22,23);1H. The molecule has 0 atom stereocenters. The number of aliphatic imine (C=N–C) groups is 1. The third-order valence-corrected chi connectivity index (χ3v) is 5.11. The molecule has 0 saturated carbocycles. The van der Waals surface area contributed by atoms with Gasteiger partial charge < -0.3 is 24.8 Å². The largest absolute Gasteiger partial charge is 0.492 e. The van der Waals surface area contributed by atoms with Gasteiger partial charge >= 0.3 is 0 Å². The van der Waals surface area contributed by atoms with E-state index in [9.17, 15) is 0 Å². The van der Waals surface area contributed by atoms with Gasteiger partial charge in [-0.2, -0.15) is 0 Å². The summed E-state index contributed by atoms with van der Waals surface area (Å²) in [6.45, 7) is 11.9. The Bertz CT molecular complexity index is 535. The molecule has 1 saturated heterocycles. The van der Waals surface area contributed by atoms with Crippen molar-refractivity contribution in [1.82, 2.24) is 20.0 Å². The van der Waals surface area contributed by atoms with Gasteiger partial charge in [0.05, 0.1) is 6.54 Å². The lowest BCUT2D eigenvalue weighted by molar-refractivity contribution is 0.136. The Hall–Kier alpha value is -1.06. The summed E-state index contributed by atoms with van der Waals surface area (Å²) in [6.07, 6.45) is 2.40. The Kier molecular flexibility index (Phi) is 13.3. The fraction of sp³-hybridized carbons (Fsp3) is 0.667. The van der Waals surface area contributed by atoms with Crippen LogP contribution in [0.2, 0.25) is 0 Å². The molecule has 1 fully saturated rings. The van der Waals surface area contributed by atoms with E-state index in [4.69, 9.17) is 4.74 Å². The van der Waals surface area contributed by atoms with Crippen molar-refractivity contribution in [2.45, 2.75) is 19.8 Å². The molecule has 0 unspecified atom stereocenters. The summed E-state index contributed by atoms with van der Waals surface area (Å²) >= 11 is 0. The molecule has 0 spiro atoms. The SMILES string of the molecule is CCN1CCN(CCCCNC(=NC)N(C)CCOc2ccccc2)CC1.I. The molecule has 6 nitrogen and oxygen atoms in total. The van der Waals surface area contributed by atoms with E-state index in [1.165, 1.54) is 52.1 Å². The fourth-order valence-electron chi connectivity index (χ4n) is 3.30. The number of rotatable bonds is 10. The molecular weight excluding hydrogens is 465 g/mol. The van der Waals surface area contributed by atoms with Gasteiger partial charge in [-0.05, 0) is 38.1 Å². The maximum atomic E-state index is 5.76. The van der Waals surface area contributed by atoms with Crippen LogP contribution in [0.5, 0.6) is 5.75 Å². The molecule has 0 aromatic heterocycles. The van der Waals surface area contributed by atoms with Gasteiger partial charge in [0.2, 0.25) is 0 Å². The third-order valence-electron chi connectivity index (χ3n) is 5.11. The number of nitrogens with one attached hydrogen (secondary N) is 1. The van der Waals surface area contributed by atoms with E-state index < -0.39 is 0 Å². The second kappa shape index (κ2) is 14.9. The summed E-state index contributed by atoms with van der Waals surface area (Å²) in [6, 6.07) is 9.94. The molecule has 7 heteroatoms. The molecule has 28 heavy (non-hydrogen) atoms. The molecule has 1 heterocycles. The minimum atomic E-state index is 0. The highest BCUT2D eigenvalue weighted by Crippen LogP contribution is 2.08. The zero-order valence-corrected chi connectivity index (χ0v) is 20.1. The Morgan fingerprint density at radius 3 is 2.43 bits per heavy atom. The maximum absolute atomic E-state index is 5.76. The number of likely N-dealkylation sites (N-methyl/N-ethyl adjacent to an activating group) is 2. The van der Waals surface area contributed by atoms with Crippen LogP contribution in [-0.4, -0.2) is 93.7 Å². The number of guanidine groups is 1. The zero-order valence-electron chi connectivity index (χ0n) is 17.8. The van der Waals surface area contributed by atoms with E-state index in [1.54, 1.807) is 0 Å². The molecule has 1 N–H and O–H groups in total. The van der Waals surface area contributed by atoms with Crippen molar-refractivity contribution in [3.05, 3.63) is 30.3 Å². The average molecular weight is 503 g/mol. The van der Waals surface area contributed by atoms with E-state index in [0.29, 0.717) is 6.61 Å². The molecular formula is C21H38IN5O. The maximum Gasteiger partial charge on any atom is 0.193 e. The van der Waals surface area contributed by atoms with Gasteiger partial charge in [0.1, 0.15) is 12.4 Å². The molecule has 0 aliphatic carbocycles. The van der Waals surface area contributed by atoms with Crippen molar-refractivity contribution in [3.8, 4) is 5.75 Å². The molecule has 0 bridgehead atoms. The number of halogens is 1. The number of ether oxygens (including phenoxy) is 1. The van der Waals surface area contributed by atoms with Crippen molar-refractivity contribution in [2.24, 2.45) is 4.99 Å². The minimum Gasteiger partial charge on any atom is -0.492 e. The monoisotopic (exact) mass is 503 g/mol. The van der Waals surface area contributed by atoms with E-state index in [2.05, 4.69) is 39.0 Å². The number of unbranched alkanes of at least 4 members (excludes halogenated alkanes) is 1. The fourth-order valence-corrected chi connectivity index (χ4v) is 3.30. The highest BCUT2D eigenvalue weighted by Gasteiger charge is 2.14. The normalized spacial score (nSPS) is 15.8. The van der Waals surface area contributed by atoms with Crippen LogP contribution in [0, 0.1) is 0 Å². The van der Waals surface area contributed by atoms with Gasteiger partial charge in [-0.25, -0.2) is 0 Å². The summed E-state index contributed by atoms with van der Waals surface area (Å²) in [5, 5.41) is 3.47. The summed E-state index contributed by atoms with van der Waals surface area (Å²) in [7, 11) is 3.89. The molecule has 160 valence electrons. The van der Waals surface area contributed by atoms with Gasteiger partial charge in [-0.1, -0.05) is 25.1 Å². The Labute approximate surface area is 188 Å². The highest BCUT2D eigenvalue weighted by atomic mass is 127. The summed E-state index contributed by atoms with van der Waals surface area (Å²) < 4.78 is 5.76. The van der Waals surface area contributed by atoms with Crippen LogP contribution in [0.4, 0.5) is 0 Å². The quantitative estimate of drug-likeness (QED) is 0.230. The number of hydrogen-bond acceptors (Lipinski definition) is 4. The first kappa shape index (κ1) is 25.0. The molecule has 1 aliphatic rings. The number of nitrogens with zero attached hydrogens (tertiary/aromatic N) is 4. The first-order chi connectivity index (χ1) is 13.2.